The highest BCUT2D eigenvalue weighted by Crippen LogP contribution is 2.29. The first-order valence-corrected chi connectivity index (χ1v) is 5.90. The van der Waals surface area contributed by atoms with E-state index in [0.29, 0.717) is 6.73 Å². The topological polar surface area (TPSA) is 21.3 Å². The molecule has 0 aromatic heterocycles. The Hall–Kier alpha value is -1.18. The molecule has 2 heteroatoms. The lowest BCUT2D eigenvalue weighted by Gasteiger charge is -1.99. The van der Waals surface area contributed by atoms with Gasteiger partial charge in [0.25, 0.3) is 0 Å². The summed E-state index contributed by atoms with van der Waals surface area (Å²) in [6.07, 6.45) is 1.08. The fraction of sp³-hybridized carbons (Fsp3) is 0.538. The fourth-order valence-electron chi connectivity index (χ4n) is 1.25. The summed E-state index contributed by atoms with van der Waals surface area (Å²) in [6.45, 7) is 10.8. The summed E-state index contributed by atoms with van der Waals surface area (Å²) in [5, 5.41) is 3.15. The van der Waals surface area contributed by atoms with Crippen LogP contribution in [-0.4, -0.2) is 6.73 Å². The standard InChI is InChI=1S/C9H11NO.2C2H6/c1-2-7-3-4-9-8(5-7)10-6-11-9;2*1-2/h3-5,10H,2,6H2,1H3;2*1-2H3. The molecule has 0 saturated carbocycles. The number of hydrogen-bond donors (Lipinski definition) is 1. The van der Waals surface area contributed by atoms with E-state index in [1.165, 1.54) is 5.56 Å². The van der Waals surface area contributed by atoms with Crippen LogP contribution in [0, 0.1) is 0 Å². The molecular formula is C13H23NO. The molecule has 15 heavy (non-hydrogen) atoms. The van der Waals surface area contributed by atoms with Gasteiger partial charge in [0.1, 0.15) is 5.75 Å². The molecule has 0 radical (unpaired) electrons. The summed E-state index contributed by atoms with van der Waals surface area (Å²) < 4.78 is 5.29. The van der Waals surface area contributed by atoms with Crippen LogP contribution in [0.4, 0.5) is 5.69 Å². The minimum absolute atomic E-state index is 0.614. The summed E-state index contributed by atoms with van der Waals surface area (Å²) in [7, 11) is 0. The molecule has 2 nitrogen and oxygen atoms in total. The molecule has 0 unspecified atom stereocenters. The molecule has 1 aliphatic rings. The molecule has 0 aliphatic carbocycles. The Labute approximate surface area is 93.7 Å². The monoisotopic (exact) mass is 209 g/mol. The van der Waals surface area contributed by atoms with Gasteiger partial charge in [0, 0.05) is 0 Å². The Morgan fingerprint density at radius 2 is 1.87 bits per heavy atom. The van der Waals surface area contributed by atoms with E-state index in [1.54, 1.807) is 0 Å². The van der Waals surface area contributed by atoms with Gasteiger partial charge in [0.2, 0.25) is 0 Å². The summed E-state index contributed by atoms with van der Waals surface area (Å²) in [6, 6.07) is 6.27. The molecule has 1 N–H and O–H groups in total. The van der Waals surface area contributed by atoms with Gasteiger partial charge in [-0.15, -0.1) is 0 Å². The summed E-state index contributed by atoms with van der Waals surface area (Å²) in [4.78, 5) is 0. The third kappa shape index (κ3) is 3.82. The van der Waals surface area contributed by atoms with Crippen LogP contribution in [0.25, 0.3) is 0 Å². The molecule has 1 aliphatic heterocycles. The molecule has 0 spiro atoms. The Balaban J connectivity index is 0.000000442. The molecule has 0 saturated heterocycles. The van der Waals surface area contributed by atoms with E-state index >= 15 is 0 Å². The maximum absolute atomic E-state index is 5.29. The molecule has 0 amide bonds. The van der Waals surface area contributed by atoms with Gasteiger partial charge < -0.3 is 10.1 Å². The van der Waals surface area contributed by atoms with Gasteiger partial charge in [0.05, 0.1) is 5.69 Å². The molecule has 0 atom stereocenters. The largest absolute Gasteiger partial charge is 0.471 e. The first-order valence-electron chi connectivity index (χ1n) is 5.90. The molecule has 86 valence electrons. The van der Waals surface area contributed by atoms with E-state index in [2.05, 4.69) is 24.4 Å². The Bertz CT molecular complexity index is 271. The lowest BCUT2D eigenvalue weighted by molar-refractivity contribution is 0.372. The number of aryl methyl sites for hydroxylation is 1. The highest BCUT2D eigenvalue weighted by Gasteiger charge is 2.09. The number of ether oxygens (including phenoxy) is 1. The zero-order valence-electron chi connectivity index (χ0n) is 10.6. The van der Waals surface area contributed by atoms with Crippen molar-refractivity contribution in [2.45, 2.75) is 41.0 Å². The van der Waals surface area contributed by atoms with Crippen LogP contribution in [0.15, 0.2) is 18.2 Å². The number of nitrogens with one attached hydrogen (secondary N) is 1. The van der Waals surface area contributed by atoms with Gasteiger partial charge >= 0.3 is 0 Å². The molecule has 1 aromatic rings. The van der Waals surface area contributed by atoms with E-state index in [4.69, 9.17) is 4.74 Å². The molecular weight excluding hydrogens is 186 g/mol. The second-order valence-electron chi connectivity index (χ2n) is 2.65. The summed E-state index contributed by atoms with van der Waals surface area (Å²) in [5.41, 5.74) is 2.48. The van der Waals surface area contributed by atoms with Crippen LogP contribution < -0.4 is 10.1 Å². The quantitative estimate of drug-likeness (QED) is 0.753. The van der Waals surface area contributed by atoms with Crippen LogP contribution in [-0.2, 0) is 6.42 Å². The smallest absolute Gasteiger partial charge is 0.159 e. The van der Waals surface area contributed by atoms with Crippen molar-refractivity contribution in [2.75, 3.05) is 12.0 Å². The van der Waals surface area contributed by atoms with Crippen molar-refractivity contribution < 1.29 is 4.74 Å². The second kappa shape index (κ2) is 8.16. The highest BCUT2D eigenvalue weighted by atomic mass is 16.5. The molecule has 1 heterocycles. The first kappa shape index (κ1) is 13.8. The number of rotatable bonds is 1. The third-order valence-corrected chi connectivity index (χ3v) is 1.94. The van der Waals surface area contributed by atoms with Crippen molar-refractivity contribution in [3.8, 4) is 5.75 Å². The molecule has 0 bridgehead atoms. The second-order valence-corrected chi connectivity index (χ2v) is 2.65. The van der Waals surface area contributed by atoms with Gasteiger partial charge in [-0.25, -0.2) is 0 Å². The predicted molar refractivity (Wildman–Crippen MR) is 67.6 cm³/mol. The van der Waals surface area contributed by atoms with E-state index in [1.807, 2.05) is 33.8 Å². The number of fused-ring (bicyclic) bond motifs is 1. The van der Waals surface area contributed by atoms with Crippen LogP contribution in [0.5, 0.6) is 5.75 Å². The van der Waals surface area contributed by atoms with Crippen LogP contribution in [0.3, 0.4) is 0 Å². The minimum Gasteiger partial charge on any atom is -0.471 e. The highest BCUT2D eigenvalue weighted by molar-refractivity contribution is 5.60. The van der Waals surface area contributed by atoms with E-state index in [9.17, 15) is 0 Å². The van der Waals surface area contributed by atoms with Gasteiger partial charge in [-0.2, -0.15) is 0 Å². The Morgan fingerprint density at radius 3 is 2.47 bits per heavy atom. The zero-order chi connectivity index (χ0) is 11.7. The predicted octanol–water partition coefficient (Wildman–Crippen LogP) is 4.06. The average molecular weight is 209 g/mol. The van der Waals surface area contributed by atoms with E-state index < -0.39 is 0 Å². The van der Waals surface area contributed by atoms with Crippen molar-refractivity contribution in [1.82, 2.24) is 0 Å². The van der Waals surface area contributed by atoms with Gasteiger partial charge in [-0.3, -0.25) is 0 Å². The van der Waals surface area contributed by atoms with Crippen molar-refractivity contribution in [3.05, 3.63) is 23.8 Å². The third-order valence-electron chi connectivity index (χ3n) is 1.94. The van der Waals surface area contributed by atoms with Gasteiger partial charge in [0.15, 0.2) is 6.73 Å². The van der Waals surface area contributed by atoms with Gasteiger partial charge in [-0.1, -0.05) is 40.7 Å². The summed E-state index contributed by atoms with van der Waals surface area (Å²) in [5.74, 6) is 0.974. The maximum Gasteiger partial charge on any atom is 0.159 e. The molecule has 2 rings (SSSR count). The summed E-state index contributed by atoms with van der Waals surface area (Å²) >= 11 is 0. The van der Waals surface area contributed by atoms with E-state index in [-0.39, 0.29) is 0 Å². The number of hydrogen-bond acceptors (Lipinski definition) is 2. The lowest BCUT2D eigenvalue weighted by atomic mass is 10.1. The van der Waals surface area contributed by atoms with Crippen molar-refractivity contribution >= 4 is 5.69 Å². The lowest BCUT2D eigenvalue weighted by Crippen LogP contribution is -1.96. The Morgan fingerprint density at radius 1 is 1.20 bits per heavy atom. The minimum atomic E-state index is 0.614. The first-order chi connectivity index (χ1) is 7.40. The fourth-order valence-corrected chi connectivity index (χ4v) is 1.25. The molecule has 0 fully saturated rings. The SMILES string of the molecule is CC.CC.CCc1ccc2c(c1)NCO2. The zero-order valence-corrected chi connectivity index (χ0v) is 10.6. The number of anilines is 1. The van der Waals surface area contributed by atoms with Crippen molar-refractivity contribution in [2.24, 2.45) is 0 Å². The molecule has 1 aromatic carbocycles. The normalized spacial score (nSPS) is 10.7. The van der Waals surface area contributed by atoms with Crippen LogP contribution in [0.1, 0.15) is 40.2 Å². The Kier molecular flexibility index (Phi) is 7.51. The van der Waals surface area contributed by atoms with Crippen molar-refractivity contribution in [3.63, 3.8) is 0 Å². The van der Waals surface area contributed by atoms with Crippen LogP contribution >= 0.6 is 0 Å². The van der Waals surface area contributed by atoms with Gasteiger partial charge in [-0.05, 0) is 24.1 Å². The van der Waals surface area contributed by atoms with Crippen molar-refractivity contribution in [1.29, 1.82) is 0 Å². The van der Waals surface area contributed by atoms with E-state index in [0.717, 1.165) is 17.9 Å². The van der Waals surface area contributed by atoms with Crippen LogP contribution in [0.2, 0.25) is 0 Å². The maximum atomic E-state index is 5.29. The number of benzene rings is 1. The average Bonchev–Trinajstić information content (AvgIpc) is 2.81.